The van der Waals surface area contributed by atoms with Crippen molar-refractivity contribution >= 4 is 31.4 Å². The standard InChI is InChI=1S/C13H12.C12H10O2S.C12H10O.C12H10.2C10H8.11C2H6.4CH4/c1-3-7-12(8-4-1)11-13-9-5-2-6-10-13;13-15(14,11-7-3-1-4-8-11)12-9-5-2-6-10-12;1-3-7-11(8-4-1)13-12-9-5-2-6-10-12;1-3-7-11(8-4-1)12-9-5-2-6-10-12;2*1-2-6-10-8-4-3-7-9(10)5-1;11*1-2;;;;/h1-10H,11H2;1-10H;1-10H;1-10H;2*1-8H;11*1-2H3;4*1H4. The molecule has 0 radical (unpaired) electrons. The van der Waals surface area contributed by atoms with Gasteiger partial charge in [0.2, 0.25) is 9.84 Å². The first kappa shape index (κ1) is 109. The highest BCUT2D eigenvalue weighted by molar-refractivity contribution is 7.91. The number of hydrogen-bond donors (Lipinski definition) is 0. The SMILES string of the molecule is C.C.C.C.CC.CC.CC.CC.CC.CC.CC.CC.CC.CC.CC.O=S(=O)(c1ccccc1)c1ccccc1.c1ccc(-c2ccccc2)cc1.c1ccc(Cc2ccccc2)cc1.c1ccc(Oc2ccccc2)cc1.c1ccc2ccccc2c1.c1ccc2ccccc2c1. The number of para-hydroxylation sites is 2. The van der Waals surface area contributed by atoms with Gasteiger partial charge in [-0.25, -0.2) is 8.42 Å². The van der Waals surface area contributed by atoms with E-state index in [4.69, 9.17) is 4.74 Å². The predicted molar refractivity (Wildman–Crippen MR) is 459 cm³/mol. The Morgan fingerprint density at radius 3 is 0.545 bits per heavy atom. The van der Waals surface area contributed by atoms with Crippen LogP contribution < -0.4 is 4.74 Å². The molecule has 0 aliphatic carbocycles. The van der Waals surface area contributed by atoms with Crippen LogP contribution in [0.1, 0.15) is 193 Å². The summed E-state index contributed by atoms with van der Waals surface area (Å²) in [6.07, 6.45) is 1.03. The van der Waals surface area contributed by atoms with Gasteiger partial charge in [0.1, 0.15) is 11.5 Å². The van der Waals surface area contributed by atoms with Gasteiger partial charge in [-0.15, -0.1) is 0 Å². The Kier molecular flexibility index (Phi) is 91.2. The van der Waals surface area contributed by atoms with Crippen LogP contribution >= 0.6 is 0 Å². The van der Waals surface area contributed by atoms with Crippen LogP contribution in [0.25, 0.3) is 32.7 Å². The predicted octanol–water partition coefficient (Wildman–Crippen LogP) is 32.1. The van der Waals surface area contributed by atoms with Crippen LogP contribution in [0.4, 0.5) is 0 Å². The van der Waals surface area contributed by atoms with Crippen molar-refractivity contribution < 1.29 is 13.2 Å². The molecular weight excluding hydrogens is 1220 g/mol. The van der Waals surface area contributed by atoms with Gasteiger partial charge in [-0.2, -0.15) is 0 Å². The molecule has 12 rings (SSSR count). The highest BCUT2D eigenvalue weighted by atomic mass is 32.2. The molecule has 0 aliphatic rings. The Hall–Kier alpha value is -9.09. The molecule has 12 aromatic rings. The van der Waals surface area contributed by atoms with E-state index < -0.39 is 9.84 Å². The van der Waals surface area contributed by atoms with Gasteiger partial charge in [-0.1, -0.05) is 473 Å². The topological polar surface area (TPSA) is 43.4 Å². The molecule has 0 fully saturated rings. The Labute approximate surface area is 612 Å². The van der Waals surface area contributed by atoms with E-state index in [1.807, 2.05) is 225 Å². The maximum Gasteiger partial charge on any atom is 0.206 e. The summed E-state index contributed by atoms with van der Waals surface area (Å²) in [4.78, 5) is 0.660. The lowest BCUT2D eigenvalue weighted by Gasteiger charge is -2.03. The molecule has 0 aromatic heterocycles. The molecule has 0 spiro atoms. The maximum atomic E-state index is 12.0. The lowest BCUT2D eigenvalue weighted by atomic mass is 10.1. The molecule has 4 heteroatoms. The lowest BCUT2D eigenvalue weighted by Crippen LogP contribution is -2.00. The average molecular weight is 1360 g/mol. The summed E-state index contributed by atoms with van der Waals surface area (Å²) in [5.41, 5.74) is 5.29. The van der Waals surface area contributed by atoms with E-state index >= 15 is 0 Å². The van der Waals surface area contributed by atoms with Gasteiger partial charge < -0.3 is 4.74 Å². The van der Waals surface area contributed by atoms with Crippen molar-refractivity contribution in [2.75, 3.05) is 0 Å². The summed E-state index contributed by atoms with van der Waals surface area (Å²) in [7, 11) is -3.34. The molecule has 0 heterocycles. The van der Waals surface area contributed by atoms with E-state index in [0.29, 0.717) is 9.79 Å². The molecule has 3 nitrogen and oxygen atoms in total. The first-order chi connectivity index (χ1) is 47.0. The normalized spacial score (nSPS) is 8.10. The van der Waals surface area contributed by atoms with Crippen molar-refractivity contribution in [2.24, 2.45) is 0 Å². The molecular formula is C95H140O3S. The van der Waals surface area contributed by atoms with Crippen LogP contribution in [0.15, 0.2) is 350 Å². The average Bonchev–Trinajstić information content (AvgIpc) is 0.822. The lowest BCUT2D eigenvalue weighted by molar-refractivity contribution is 0.482. The van der Waals surface area contributed by atoms with Gasteiger partial charge in [-0.05, 0) is 98.8 Å². The van der Waals surface area contributed by atoms with Crippen molar-refractivity contribution in [2.45, 2.75) is 198 Å². The zero-order valence-corrected chi connectivity index (χ0v) is 63.5. The number of sulfone groups is 1. The van der Waals surface area contributed by atoms with E-state index in [1.54, 1.807) is 60.7 Å². The van der Waals surface area contributed by atoms with Crippen LogP contribution in [0.5, 0.6) is 11.5 Å². The minimum atomic E-state index is -3.34. The third-order valence-corrected chi connectivity index (χ3v) is 12.9. The number of fused-ring (bicyclic) bond motifs is 2. The maximum absolute atomic E-state index is 12.0. The first-order valence-electron chi connectivity index (χ1n) is 35.2. The van der Waals surface area contributed by atoms with Crippen LogP contribution in [0, 0.1) is 0 Å². The second-order valence-electron chi connectivity index (χ2n) is 16.4. The Balaban J connectivity index is -0.000000132. The molecule has 0 aliphatic heterocycles. The van der Waals surface area contributed by atoms with E-state index in [1.165, 1.54) is 43.8 Å². The molecule has 0 atom stereocenters. The summed E-state index contributed by atoms with van der Waals surface area (Å²) in [5.74, 6) is 1.74. The minimum Gasteiger partial charge on any atom is -0.457 e. The van der Waals surface area contributed by atoms with Crippen molar-refractivity contribution in [3.63, 3.8) is 0 Å². The summed E-state index contributed by atoms with van der Waals surface area (Å²) in [6, 6.07) is 112. The van der Waals surface area contributed by atoms with Crippen LogP contribution in [-0.2, 0) is 16.3 Å². The first-order valence-corrected chi connectivity index (χ1v) is 36.7. The molecule has 0 saturated heterocycles. The summed E-state index contributed by atoms with van der Waals surface area (Å²) >= 11 is 0. The molecule has 544 valence electrons. The van der Waals surface area contributed by atoms with Crippen molar-refractivity contribution in [1.82, 2.24) is 0 Å². The number of hydrogen-bond acceptors (Lipinski definition) is 3. The summed E-state index contributed by atoms with van der Waals surface area (Å²) < 4.78 is 29.6. The highest BCUT2D eigenvalue weighted by Gasteiger charge is 2.15. The highest BCUT2D eigenvalue weighted by Crippen LogP contribution is 2.22. The van der Waals surface area contributed by atoms with Gasteiger partial charge in [0, 0.05) is 0 Å². The fraction of sp³-hybridized carbons (Fsp3) is 0.284. The van der Waals surface area contributed by atoms with Crippen molar-refractivity contribution in [3.8, 4) is 22.6 Å². The molecule has 0 unspecified atom stereocenters. The van der Waals surface area contributed by atoms with Crippen LogP contribution in [-0.4, -0.2) is 8.42 Å². The summed E-state index contributed by atoms with van der Waals surface area (Å²) in [5, 5.41) is 5.24. The quantitative estimate of drug-likeness (QED) is 0.160. The van der Waals surface area contributed by atoms with Crippen molar-refractivity contribution in [3.05, 3.63) is 351 Å². The van der Waals surface area contributed by atoms with E-state index in [2.05, 4.69) is 206 Å². The molecule has 0 amide bonds. The number of benzene rings is 12. The number of ether oxygens (including phenoxy) is 1. The smallest absolute Gasteiger partial charge is 0.206 e. The van der Waals surface area contributed by atoms with E-state index in [9.17, 15) is 8.42 Å². The Morgan fingerprint density at radius 1 is 0.202 bits per heavy atom. The van der Waals surface area contributed by atoms with E-state index in [0.717, 1.165) is 17.9 Å². The fourth-order valence-corrected chi connectivity index (χ4v) is 8.71. The molecule has 0 bridgehead atoms. The van der Waals surface area contributed by atoms with Gasteiger partial charge in [-0.3, -0.25) is 0 Å². The van der Waals surface area contributed by atoms with Gasteiger partial charge in [0.25, 0.3) is 0 Å². The third-order valence-electron chi connectivity index (χ3n) is 11.1. The molecule has 12 aromatic carbocycles. The van der Waals surface area contributed by atoms with Gasteiger partial charge in [0.05, 0.1) is 9.79 Å². The van der Waals surface area contributed by atoms with Crippen LogP contribution in [0.3, 0.4) is 0 Å². The molecule has 0 N–H and O–H groups in total. The number of rotatable bonds is 7. The molecule has 99 heavy (non-hydrogen) atoms. The van der Waals surface area contributed by atoms with E-state index in [-0.39, 0.29) is 29.7 Å². The molecule has 0 saturated carbocycles. The minimum absolute atomic E-state index is 0. The zero-order valence-electron chi connectivity index (χ0n) is 62.7. The Morgan fingerprint density at radius 2 is 0.354 bits per heavy atom. The van der Waals surface area contributed by atoms with Gasteiger partial charge in [0.15, 0.2) is 0 Å². The third kappa shape index (κ3) is 50.9. The van der Waals surface area contributed by atoms with Gasteiger partial charge >= 0.3 is 0 Å². The van der Waals surface area contributed by atoms with Crippen LogP contribution in [0.2, 0.25) is 0 Å². The fourth-order valence-electron chi connectivity index (χ4n) is 7.40. The Bertz CT molecular complexity index is 3040. The second-order valence-corrected chi connectivity index (χ2v) is 18.4. The largest absolute Gasteiger partial charge is 0.457 e. The van der Waals surface area contributed by atoms with Crippen molar-refractivity contribution in [1.29, 1.82) is 0 Å². The monoisotopic (exact) mass is 1360 g/mol. The zero-order chi connectivity index (χ0) is 72.4. The summed E-state index contributed by atoms with van der Waals surface area (Å²) in [6.45, 7) is 44.0. The second kappa shape index (κ2) is 83.1.